The lowest BCUT2D eigenvalue weighted by Crippen LogP contribution is -2.52. The molecule has 4 aliphatic rings. The molecule has 8 heteroatoms. The molecule has 2 N–H and O–H groups in total. The van der Waals surface area contributed by atoms with E-state index in [-0.39, 0.29) is 0 Å². The molecular formula is C29H36N6O2. The number of likely N-dealkylation sites (N-methyl/N-ethyl adjacent to an activating group) is 1. The van der Waals surface area contributed by atoms with Crippen molar-refractivity contribution in [3.63, 3.8) is 0 Å². The minimum Gasteiger partial charge on any atom is -0.506 e. The first-order valence-electron chi connectivity index (χ1n) is 13.8. The maximum Gasteiger partial charge on any atom is 0.318 e. The van der Waals surface area contributed by atoms with E-state index in [0.717, 1.165) is 67.0 Å². The molecule has 0 aliphatic carbocycles. The number of nitrogens with zero attached hydrogens (tertiary/aromatic N) is 5. The SMILES string of the molecule is CN1CCC[C@H]1COc1nc2c(c(N3CC4CCC(C3)N4)n1)CCN(c1c(O)ccc3ccccc13)C2. The van der Waals surface area contributed by atoms with Gasteiger partial charge in [0, 0.05) is 48.7 Å². The van der Waals surface area contributed by atoms with Crippen molar-refractivity contribution in [2.24, 2.45) is 0 Å². The van der Waals surface area contributed by atoms with Gasteiger partial charge in [-0.3, -0.25) is 0 Å². The third-order valence-corrected chi connectivity index (χ3v) is 8.81. The van der Waals surface area contributed by atoms with E-state index in [1.54, 1.807) is 0 Å². The van der Waals surface area contributed by atoms with E-state index < -0.39 is 0 Å². The van der Waals surface area contributed by atoms with Crippen LogP contribution in [0.4, 0.5) is 11.5 Å². The number of phenolic OH excluding ortho intramolecular Hbond substituents is 1. The van der Waals surface area contributed by atoms with Gasteiger partial charge in [0.1, 0.15) is 18.2 Å². The summed E-state index contributed by atoms with van der Waals surface area (Å²) in [5.74, 6) is 1.37. The fourth-order valence-electron chi connectivity index (χ4n) is 6.81. The van der Waals surface area contributed by atoms with Gasteiger partial charge in [-0.15, -0.1) is 0 Å². The molecule has 3 atom stereocenters. The predicted molar refractivity (Wildman–Crippen MR) is 146 cm³/mol. The summed E-state index contributed by atoms with van der Waals surface area (Å²) in [7, 11) is 2.17. The fraction of sp³-hybridized carbons (Fsp3) is 0.517. The molecule has 5 heterocycles. The monoisotopic (exact) mass is 500 g/mol. The van der Waals surface area contributed by atoms with Gasteiger partial charge in [-0.25, -0.2) is 0 Å². The van der Waals surface area contributed by atoms with Crippen molar-refractivity contribution in [1.82, 2.24) is 20.2 Å². The standard InChI is InChI=1S/C29H36N6O2/c1-33-13-4-6-22(33)18-37-29-31-25-17-34(27-23-7-3-2-5-19(23)8-11-26(27)36)14-12-24(25)28(32-29)35-15-20-9-10-21(16-35)30-20/h2-3,5,7-8,11,20-22,30,36H,4,6,9-10,12-18H2,1H3/t20?,21?,22-/m0/s1. The summed E-state index contributed by atoms with van der Waals surface area (Å²) >= 11 is 0. The van der Waals surface area contributed by atoms with Crippen molar-refractivity contribution in [2.75, 3.05) is 49.6 Å². The van der Waals surface area contributed by atoms with Crippen LogP contribution in [0.1, 0.15) is 36.9 Å². The highest BCUT2D eigenvalue weighted by atomic mass is 16.5. The van der Waals surface area contributed by atoms with Crippen molar-refractivity contribution in [3.05, 3.63) is 47.7 Å². The van der Waals surface area contributed by atoms with Crippen molar-refractivity contribution in [2.45, 2.75) is 56.8 Å². The second kappa shape index (κ2) is 9.33. The lowest BCUT2D eigenvalue weighted by molar-refractivity contribution is 0.187. The Morgan fingerprint density at radius 1 is 1.00 bits per heavy atom. The molecule has 4 aliphatic heterocycles. The van der Waals surface area contributed by atoms with Crippen LogP contribution in [0.25, 0.3) is 10.8 Å². The number of nitrogens with one attached hydrogen (secondary N) is 1. The molecule has 0 spiro atoms. The number of rotatable bonds is 5. The molecule has 8 nitrogen and oxygen atoms in total. The second-order valence-corrected chi connectivity index (χ2v) is 11.2. The molecule has 1 aromatic heterocycles. The number of aromatic hydroxyl groups is 1. The summed E-state index contributed by atoms with van der Waals surface area (Å²) in [6, 6.07) is 14.0. The number of hydrogen-bond donors (Lipinski definition) is 2. The van der Waals surface area contributed by atoms with Gasteiger partial charge in [0.2, 0.25) is 0 Å². The van der Waals surface area contributed by atoms with Crippen LogP contribution < -0.4 is 19.9 Å². The van der Waals surface area contributed by atoms with E-state index in [2.05, 4.69) is 39.2 Å². The Morgan fingerprint density at radius 2 is 1.84 bits per heavy atom. The highest BCUT2D eigenvalue weighted by molar-refractivity contribution is 5.97. The van der Waals surface area contributed by atoms with Crippen LogP contribution in [-0.4, -0.2) is 77.9 Å². The van der Waals surface area contributed by atoms with Gasteiger partial charge in [-0.05, 0) is 57.1 Å². The Hall–Kier alpha value is -3.10. The van der Waals surface area contributed by atoms with E-state index in [0.29, 0.717) is 43.0 Å². The minimum atomic E-state index is 0.316. The maximum absolute atomic E-state index is 10.9. The Kier molecular flexibility index (Phi) is 5.81. The number of aromatic nitrogens is 2. The molecule has 7 rings (SSSR count). The molecule has 3 aromatic rings. The summed E-state index contributed by atoms with van der Waals surface area (Å²) < 4.78 is 6.29. The van der Waals surface area contributed by atoms with Gasteiger partial charge in [-0.1, -0.05) is 30.3 Å². The maximum atomic E-state index is 10.9. The van der Waals surface area contributed by atoms with Crippen LogP contribution in [0.3, 0.4) is 0 Å². The van der Waals surface area contributed by atoms with Crippen LogP contribution in [0.15, 0.2) is 36.4 Å². The number of fused-ring (bicyclic) bond motifs is 4. The molecular weight excluding hydrogens is 464 g/mol. The summed E-state index contributed by atoms with van der Waals surface area (Å²) in [4.78, 5) is 17.1. The van der Waals surface area contributed by atoms with Crippen molar-refractivity contribution in [1.29, 1.82) is 0 Å². The average molecular weight is 501 g/mol. The van der Waals surface area contributed by atoms with E-state index in [1.165, 1.54) is 24.8 Å². The van der Waals surface area contributed by atoms with Gasteiger partial charge in [-0.2, -0.15) is 9.97 Å². The molecule has 3 fully saturated rings. The first-order valence-corrected chi connectivity index (χ1v) is 13.8. The van der Waals surface area contributed by atoms with Gasteiger partial charge < -0.3 is 29.9 Å². The molecule has 0 amide bonds. The summed E-state index contributed by atoms with van der Waals surface area (Å²) in [5.41, 5.74) is 3.14. The van der Waals surface area contributed by atoms with Crippen LogP contribution in [0.5, 0.6) is 11.8 Å². The molecule has 2 aromatic carbocycles. The largest absolute Gasteiger partial charge is 0.506 e. The van der Waals surface area contributed by atoms with Gasteiger partial charge >= 0.3 is 6.01 Å². The number of anilines is 2. The number of hydrogen-bond acceptors (Lipinski definition) is 8. The van der Waals surface area contributed by atoms with Gasteiger partial charge in [0.05, 0.1) is 17.9 Å². The van der Waals surface area contributed by atoms with Gasteiger partial charge in [0.15, 0.2) is 0 Å². The quantitative estimate of drug-likeness (QED) is 0.553. The third-order valence-electron chi connectivity index (χ3n) is 8.81. The highest BCUT2D eigenvalue weighted by Crippen LogP contribution is 2.39. The topological polar surface area (TPSA) is 77.0 Å². The average Bonchev–Trinajstić information content (AvgIpc) is 3.49. The molecule has 0 radical (unpaired) electrons. The molecule has 194 valence electrons. The highest BCUT2D eigenvalue weighted by Gasteiger charge is 2.35. The second-order valence-electron chi connectivity index (χ2n) is 11.2. The minimum absolute atomic E-state index is 0.316. The zero-order valence-corrected chi connectivity index (χ0v) is 21.6. The van der Waals surface area contributed by atoms with Gasteiger partial charge in [0.25, 0.3) is 0 Å². The van der Waals surface area contributed by atoms with E-state index in [9.17, 15) is 5.11 Å². The molecule has 0 saturated carbocycles. The first-order chi connectivity index (χ1) is 18.1. The summed E-state index contributed by atoms with van der Waals surface area (Å²) in [5, 5.41) is 16.8. The Bertz CT molecular complexity index is 1300. The number of ether oxygens (including phenoxy) is 1. The normalized spacial score (nSPS) is 25.6. The lowest BCUT2D eigenvalue weighted by atomic mass is 10.0. The van der Waals surface area contributed by atoms with Crippen LogP contribution in [0, 0.1) is 0 Å². The number of phenols is 1. The Balaban J connectivity index is 1.24. The zero-order chi connectivity index (χ0) is 24.9. The number of benzene rings is 2. The molecule has 2 unspecified atom stereocenters. The smallest absolute Gasteiger partial charge is 0.318 e. The summed E-state index contributed by atoms with van der Waals surface area (Å²) in [6.07, 6.45) is 5.69. The first kappa shape index (κ1) is 23.0. The number of likely N-dealkylation sites (tertiary alicyclic amines) is 1. The third kappa shape index (κ3) is 4.26. The lowest BCUT2D eigenvalue weighted by Gasteiger charge is -2.37. The Morgan fingerprint density at radius 3 is 2.65 bits per heavy atom. The molecule has 3 saturated heterocycles. The van der Waals surface area contributed by atoms with E-state index >= 15 is 0 Å². The van der Waals surface area contributed by atoms with Crippen LogP contribution in [-0.2, 0) is 13.0 Å². The van der Waals surface area contributed by atoms with Crippen LogP contribution in [0.2, 0.25) is 0 Å². The van der Waals surface area contributed by atoms with E-state index in [1.807, 2.05) is 24.3 Å². The van der Waals surface area contributed by atoms with Crippen LogP contribution >= 0.6 is 0 Å². The van der Waals surface area contributed by atoms with Crippen molar-refractivity contribution >= 4 is 22.3 Å². The van der Waals surface area contributed by atoms with E-state index in [4.69, 9.17) is 14.7 Å². The number of piperazine rings is 1. The molecule has 37 heavy (non-hydrogen) atoms. The Labute approximate surface area is 218 Å². The predicted octanol–water partition coefficient (Wildman–Crippen LogP) is 3.31. The molecule has 2 bridgehead atoms. The zero-order valence-electron chi connectivity index (χ0n) is 21.6. The summed E-state index contributed by atoms with van der Waals surface area (Å²) in [6.45, 7) is 5.16. The van der Waals surface area contributed by atoms with Crippen molar-refractivity contribution in [3.8, 4) is 11.8 Å². The van der Waals surface area contributed by atoms with Crippen molar-refractivity contribution < 1.29 is 9.84 Å². The fourth-order valence-corrected chi connectivity index (χ4v) is 6.81.